The van der Waals surface area contributed by atoms with Crippen LogP contribution in [0, 0.1) is 0 Å². The average Bonchev–Trinajstić information content (AvgIpc) is 2.70. The summed E-state index contributed by atoms with van der Waals surface area (Å²) in [4.78, 5) is 11.4. The van der Waals surface area contributed by atoms with E-state index in [1.807, 2.05) is 0 Å². The number of carbonyl (C=O) groups is 1. The maximum Gasteiger partial charge on any atom is 0.508 e. The van der Waals surface area contributed by atoms with Gasteiger partial charge in [-0.2, -0.15) is 0 Å². The Balaban J connectivity index is 3.22. The van der Waals surface area contributed by atoms with Gasteiger partial charge in [0.1, 0.15) is 0 Å². The topological polar surface area (TPSA) is 35.5 Å². The highest BCUT2D eigenvalue weighted by Gasteiger charge is 2.02. The van der Waals surface area contributed by atoms with Crippen LogP contribution >= 0.6 is 0 Å². The van der Waals surface area contributed by atoms with E-state index in [9.17, 15) is 4.79 Å². The molecule has 0 aromatic heterocycles. The van der Waals surface area contributed by atoms with Gasteiger partial charge in [0.15, 0.2) is 0 Å². The molecular weight excluding hydrogens is 348 g/mol. The van der Waals surface area contributed by atoms with Crippen molar-refractivity contribution in [2.45, 2.75) is 117 Å². The first-order valence-corrected chi connectivity index (χ1v) is 11.9. The number of rotatable bonds is 20. The molecule has 0 saturated heterocycles. The van der Waals surface area contributed by atoms with E-state index in [1.54, 1.807) is 0 Å². The van der Waals surface area contributed by atoms with Gasteiger partial charge in [-0.15, -0.1) is 0 Å². The molecule has 0 N–H and O–H groups in total. The van der Waals surface area contributed by atoms with Gasteiger partial charge in [-0.25, -0.2) is 4.79 Å². The molecule has 0 amide bonds. The molecule has 0 saturated carbocycles. The first-order chi connectivity index (χ1) is 13.8. The lowest BCUT2D eigenvalue weighted by molar-refractivity contribution is 0.0529. The van der Waals surface area contributed by atoms with E-state index in [1.165, 1.54) is 70.6 Å². The van der Waals surface area contributed by atoms with Gasteiger partial charge < -0.3 is 9.47 Å². The van der Waals surface area contributed by atoms with Crippen LogP contribution in [0.15, 0.2) is 24.3 Å². The van der Waals surface area contributed by atoms with Gasteiger partial charge in [0, 0.05) is 0 Å². The Morgan fingerprint density at radius 3 is 1.57 bits per heavy atom. The van der Waals surface area contributed by atoms with Crippen LogP contribution in [-0.2, 0) is 9.47 Å². The first-order valence-electron chi connectivity index (χ1n) is 11.9. The van der Waals surface area contributed by atoms with Crippen molar-refractivity contribution in [3.05, 3.63) is 24.3 Å². The quantitative estimate of drug-likeness (QED) is 0.118. The maximum absolute atomic E-state index is 11.4. The summed E-state index contributed by atoms with van der Waals surface area (Å²) in [6.07, 6.45) is 27.8. The highest BCUT2D eigenvalue weighted by molar-refractivity contribution is 5.59. The lowest BCUT2D eigenvalue weighted by Crippen LogP contribution is -2.09. The maximum atomic E-state index is 11.4. The Morgan fingerprint density at radius 2 is 1.00 bits per heavy atom. The Labute approximate surface area is 175 Å². The molecule has 0 spiro atoms. The van der Waals surface area contributed by atoms with Crippen molar-refractivity contribution in [1.82, 2.24) is 0 Å². The summed E-state index contributed by atoms with van der Waals surface area (Å²) >= 11 is 0. The summed E-state index contributed by atoms with van der Waals surface area (Å²) in [5.74, 6) is 0. The van der Waals surface area contributed by atoms with Gasteiger partial charge in [0.05, 0.1) is 13.2 Å². The second kappa shape index (κ2) is 23.8. The van der Waals surface area contributed by atoms with E-state index in [4.69, 9.17) is 9.47 Å². The molecule has 0 unspecified atom stereocenters. The molecule has 0 atom stereocenters. The summed E-state index contributed by atoms with van der Waals surface area (Å²) in [7, 11) is 0. The molecule has 0 bridgehead atoms. The molecule has 0 aliphatic heterocycles. The van der Waals surface area contributed by atoms with Gasteiger partial charge in [-0.1, -0.05) is 95.9 Å². The third-order valence-electron chi connectivity index (χ3n) is 4.78. The van der Waals surface area contributed by atoms with Crippen LogP contribution in [-0.4, -0.2) is 19.4 Å². The predicted molar refractivity (Wildman–Crippen MR) is 121 cm³/mol. The number of unbranched alkanes of at least 4 members (excludes halogenated alkanes) is 12. The summed E-state index contributed by atoms with van der Waals surface area (Å²) in [5, 5.41) is 0. The van der Waals surface area contributed by atoms with Crippen LogP contribution in [0.25, 0.3) is 0 Å². The average molecular weight is 395 g/mol. The Morgan fingerprint density at radius 1 is 0.571 bits per heavy atom. The van der Waals surface area contributed by atoms with Gasteiger partial charge in [0.25, 0.3) is 0 Å². The minimum absolute atomic E-state index is 0.489. The smallest absolute Gasteiger partial charge is 0.434 e. The van der Waals surface area contributed by atoms with Crippen molar-refractivity contribution in [3.8, 4) is 0 Å². The zero-order valence-corrected chi connectivity index (χ0v) is 18.8. The number of ether oxygens (including phenoxy) is 2. The zero-order chi connectivity index (χ0) is 20.5. The third kappa shape index (κ3) is 22.8. The molecule has 0 fully saturated rings. The fourth-order valence-electron chi connectivity index (χ4n) is 2.97. The van der Waals surface area contributed by atoms with Crippen LogP contribution in [0.5, 0.6) is 0 Å². The second-order valence-corrected chi connectivity index (χ2v) is 7.59. The van der Waals surface area contributed by atoms with E-state index in [2.05, 4.69) is 38.2 Å². The van der Waals surface area contributed by atoms with Crippen LogP contribution in [0.3, 0.4) is 0 Å². The molecule has 0 rings (SSSR count). The van der Waals surface area contributed by atoms with Crippen LogP contribution in [0.2, 0.25) is 0 Å². The normalized spacial score (nSPS) is 11.5. The van der Waals surface area contributed by atoms with Crippen molar-refractivity contribution in [1.29, 1.82) is 0 Å². The first kappa shape index (κ1) is 26.8. The second-order valence-electron chi connectivity index (χ2n) is 7.59. The lowest BCUT2D eigenvalue weighted by Gasteiger charge is -2.06. The van der Waals surface area contributed by atoms with Crippen molar-refractivity contribution in [2.24, 2.45) is 0 Å². The SMILES string of the molecule is CCCCCC=CCC=CCCCCCCCCOC(=O)OCCCCCC. The summed E-state index contributed by atoms with van der Waals surface area (Å²) in [6.45, 7) is 5.39. The molecule has 0 radical (unpaired) electrons. The number of allylic oxidation sites excluding steroid dienone is 4. The summed E-state index contributed by atoms with van der Waals surface area (Å²) < 4.78 is 10.1. The minimum Gasteiger partial charge on any atom is -0.434 e. The Kier molecular flexibility index (Phi) is 22.7. The summed E-state index contributed by atoms with van der Waals surface area (Å²) in [6, 6.07) is 0. The van der Waals surface area contributed by atoms with Gasteiger partial charge >= 0.3 is 6.16 Å². The lowest BCUT2D eigenvalue weighted by atomic mass is 10.1. The standard InChI is InChI=1S/C25H46O3/c1-3-5-7-9-10-11-12-13-14-15-16-17-18-19-20-22-24-28-25(26)27-23-21-8-6-4-2/h10-11,13-14H,3-9,12,15-24H2,1-2H3. The van der Waals surface area contributed by atoms with E-state index in [0.29, 0.717) is 13.2 Å². The van der Waals surface area contributed by atoms with Gasteiger partial charge in [0.2, 0.25) is 0 Å². The van der Waals surface area contributed by atoms with E-state index >= 15 is 0 Å². The fourth-order valence-corrected chi connectivity index (χ4v) is 2.97. The van der Waals surface area contributed by atoms with Crippen molar-refractivity contribution in [2.75, 3.05) is 13.2 Å². The molecule has 164 valence electrons. The number of hydrogen-bond donors (Lipinski definition) is 0. The number of hydrogen-bond acceptors (Lipinski definition) is 3. The number of carbonyl (C=O) groups excluding carboxylic acids is 1. The van der Waals surface area contributed by atoms with Gasteiger partial charge in [-0.3, -0.25) is 0 Å². The molecule has 0 aromatic carbocycles. The molecule has 3 heteroatoms. The third-order valence-corrected chi connectivity index (χ3v) is 4.78. The van der Waals surface area contributed by atoms with Crippen LogP contribution in [0.1, 0.15) is 117 Å². The summed E-state index contributed by atoms with van der Waals surface area (Å²) in [5.41, 5.74) is 0. The molecule has 0 aliphatic rings. The van der Waals surface area contributed by atoms with Crippen molar-refractivity contribution in [3.63, 3.8) is 0 Å². The largest absolute Gasteiger partial charge is 0.508 e. The van der Waals surface area contributed by atoms with E-state index in [0.717, 1.165) is 32.1 Å². The van der Waals surface area contributed by atoms with Crippen molar-refractivity contribution >= 4 is 6.16 Å². The molecule has 0 aliphatic carbocycles. The zero-order valence-electron chi connectivity index (χ0n) is 18.8. The van der Waals surface area contributed by atoms with E-state index < -0.39 is 6.16 Å². The molecule has 28 heavy (non-hydrogen) atoms. The van der Waals surface area contributed by atoms with Crippen LogP contribution in [0.4, 0.5) is 4.79 Å². The molecule has 3 nitrogen and oxygen atoms in total. The highest BCUT2D eigenvalue weighted by Crippen LogP contribution is 2.08. The molecular formula is C25H46O3. The molecule has 0 heterocycles. The predicted octanol–water partition coefficient (Wildman–Crippen LogP) is 8.53. The highest BCUT2D eigenvalue weighted by atomic mass is 16.7. The van der Waals surface area contributed by atoms with Gasteiger partial charge in [-0.05, 0) is 44.9 Å². The molecule has 0 aromatic rings. The van der Waals surface area contributed by atoms with Crippen LogP contribution < -0.4 is 0 Å². The monoisotopic (exact) mass is 394 g/mol. The van der Waals surface area contributed by atoms with E-state index in [-0.39, 0.29) is 0 Å². The Bertz CT molecular complexity index is 374. The Hall–Kier alpha value is -1.25. The fraction of sp³-hybridized carbons (Fsp3) is 0.800. The minimum atomic E-state index is -0.501. The van der Waals surface area contributed by atoms with Crippen molar-refractivity contribution < 1.29 is 14.3 Å².